The minimum Gasteiger partial charge on any atom is -0.465 e. The van der Waals surface area contributed by atoms with E-state index in [1.54, 1.807) is 14.0 Å². The summed E-state index contributed by atoms with van der Waals surface area (Å²) in [6, 6.07) is 2.82. The van der Waals surface area contributed by atoms with Gasteiger partial charge in [-0.25, -0.2) is 4.79 Å². The molecule has 0 N–H and O–H groups in total. The Labute approximate surface area is 75.8 Å². The van der Waals surface area contributed by atoms with Crippen LogP contribution in [0.25, 0.3) is 0 Å². The van der Waals surface area contributed by atoms with E-state index in [1.165, 1.54) is 23.8 Å². The first-order chi connectivity index (χ1) is 6.07. The van der Waals surface area contributed by atoms with Crippen LogP contribution in [0.3, 0.4) is 0 Å². The lowest BCUT2D eigenvalue weighted by molar-refractivity contribution is 0.0598. The predicted molar refractivity (Wildman–Crippen MR) is 47.8 cm³/mol. The lowest BCUT2D eigenvalue weighted by atomic mass is 10.2. The first-order valence-electron chi connectivity index (χ1n) is 3.83. The molecule has 0 saturated heterocycles. The number of carbonyl (C=O) groups is 1. The molecule has 1 rings (SSSR count). The van der Waals surface area contributed by atoms with E-state index in [0.717, 1.165) is 0 Å². The number of pyridine rings is 1. The zero-order valence-corrected chi connectivity index (χ0v) is 7.83. The van der Waals surface area contributed by atoms with Crippen molar-refractivity contribution in [1.82, 2.24) is 4.57 Å². The number of nitrogens with zero attached hydrogens (tertiary/aromatic N) is 1. The van der Waals surface area contributed by atoms with E-state index in [-0.39, 0.29) is 5.56 Å². The molecule has 0 fully saturated rings. The molecule has 0 amide bonds. The fraction of sp³-hybridized carbons (Fsp3) is 0.333. The third kappa shape index (κ3) is 1.61. The van der Waals surface area contributed by atoms with Gasteiger partial charge in [0.15, 0.2) is 0 Å². The van der Waals surface area contributed by atoms with Gasteiger partial charge < -0.3 is 9.30 Å². The second kappa shape index (κ2) is 3.43. The van der Waals surface area contributed by atoms with Crippen molar-refractivity contribution < 1.29 is 9.53 Å². The Morgan fingerprint density at radius 2 is 2.08 bits per heavy atom. The Hall–Kier alpha value is -1.58. The standard InChI is InChI=1S/C9H11NO3/c1-6-7(9(12)13-3)4-5-8(11)10(6)2/h4-5H,1-3H3. The molecule has 0 saturated carbocycles. The van der Waals surface area contributed by atoms with Crippen molar-refractivity contribution >= 4 is 5.97 Å². The minimum atomic E-state index is -0.423. The monoisotopic (exact) mass is 181 g/mol. The molecule has 70 valence electrons. The molecule has 0 spiro atoms. The fourth-order valence-electron chi connectivity index (χ4n) is 1.06. The van der Waals surface area contributed by atoms with Gasteiger partial charge in [-0.15, -0.1) is 0 Å². The fourth-order valence-corrected chi connectivity index (χ4v) is 1.06. The summed E-state index contributed by atoms with van der Waals surface area (Å²) in [6.07, 6.45) is 0. The topological polar surface area (TPSA) is 48.3 Å². The highest BCUT2D eigenvalue weighted by Gasteiger charge is 2.10. The van der Waals surface area contributed by atoms with E-state index in [2.05, 4.69) is 4.74 Å². The number of hydrogen-bond donors (Lipinski definition) is 0. The quantitative estimate of drug-likeness (QED) is 0.592. The summed E-state index contributed by atoms with van der Waals surface area (Å²) in [5.41, 5.74) is 0.897. The lowest BCUT2D eigenvalue weighted by Gasteiger charge is -2.07. The third-order valence-electron chi connectivity index (χ3n) is 2.02. The van der Waals surface area contributed by atoms with Gasteiger partial charge in [0.1, 0.15) is 0 Å². The molecule has 13 heavy (non-hydrogen) atoms. The predicted octanol–water partition coefficient (Wildman–Crippen LogP) is 0.480. The highest BCUT2D eigenvalue weighted by Crippen LogP contribution is 2.04. The average Bonchev–Trinajstić information content (AvgIpc) is 2.13. The number of esters is 1. The summed E-state index contributed by atoms with van der Waals surface area (Å²) >= 11 is 0. The molecule has 1 aromatic heterocycles. The number of methoxy groups -OCH3 is 1. The molecular formula is C9H11NO3. The van der Waals surface area contributed by atoms with Crippen LogP contribution in [-0.4, -0.2) is 17.6 Å². The number of rotatable bonds is 1. The van der Waals surface area contributed by atoms with Gasteiger partial charge in [0, 0.05) is 18.8 Å². The molecule has 0 radical (unpaired) electrons. The molecule has 0 atom stereocenters. The molecule has 1 heterocycles. The molecule has 0 bridgehead atoms. The Morgan fingerprint density at radius 1 is 1.46 bits per heavy atom. The Bertz CT molecular complexity index is 392. The maximum Gasteiger partial charge on any atom is 0.339 e. The SMILES string of the molecule is COC(=O)c1ccc(=O)n(C)c1C. The van der Waals surface area contributed by atoms with E-state index in [9.17, 15) is 9.59 Å². The number of aromatic nitrogens is 1. The van der Waals surface area contributed by atoms with E-state index in [1.807, 2.05) is 0 Å². The molecule has 0 unspecified atom stereocenters. The van der Waals surface area contributed by atoms with Gasteiger partial charge in [-0.3, -0.25) is 4.79 Å². The number of hydrogen-bond acceptors (Lipinski definition) is 3. The normalized spacial score (nSPS) is 9.77. The van der Waals surface area contributed by atoms with E-state index in [0.29, 0.717) is 11.3 Å². The highest BCUT2D eigenvalue weighted by atomic mass is 16.5. The van der Waals surface area contributed by atoms with Crippen molar-refractivity contribution in [2.24, 2.45) is 7.05 Å². The van der Waals surface area contributed by atoms with Crippen LogP contribution < -0.4 is 5.56 Å². The molecule has 0 aliphatic rings. The lowest BCUT2D eigenvalue weighted by Crippen LogP contribution is -2.21. The molecule has 0 aliphatic carbocycles. The summed E-state index contributed by atoms with van der Waals surface area (Å²) in [5, 5.41) is 0. The van der Waals surface area contributed by atoms with Crippen LogP contribution in [0.2, 0.25) is 0 Å². The maximum absolute atomic E-state index is 11.2. The Kier molecular flexibility index (Phi) is 2.51. The van der Waals surface area contributed by atoms with Crippen molar-refractivity contribution in [2.75, 3.05) is 7.11 Å². The van der Waals surface area contributed by atoms with Crippen LogP contribution in [0.5, 0.6) is 0 Å². The zero-order valence-electron chi connectivity index (χ0n) is 7.83. The van der Waals surface area contributed by atoms with E-state index in [4.69, 9.17) is 0 Å². The van der Waals surface area contributed by atoms with Gasteiger partial charge in [-0.05, 0) is 13.0 Å². The molecule has 0 aromatic carbocycles. The summed E-state index contributed by atoms with van der Waals surface area (Å²) in [5.74, 6) is -0.423. The van der Waals surface area contributed by atoms with Crippen LogP contribution in [-0.2, 0) is 11.8 Å². The largest absolute Gasteiger partial charge is 0.465 e. The van der Waals surface area contributed by atoms with E-state index >= 15 is 0 Å². The Morgan fingerprint density at radius 3 is 2.62 bits per heavy atom. The highest BCUT2D eigenvalue weighted by molar-refractivity contribution is 5.90. The van der Waals surface area contributed by atoms with Gasteiger partial charge in [0.2, 0.25) is 5.56 Å². The molecular weight excluding hydrogens is 170 g/mol. The summed E-state index contributed by atoms with van der Waals surface area (Å²) in [4.78, 5) is 22.3. The van der Waals surface area contributed by atoms with Crippen molar-refractivity contribution in [3.05, 3.63) is 33.7 Å². The molecule has 1 aromatic rings. The van der Waals surface area contributed by atoms with Crippen molar-refractivity contribution in [3.8, 4) is 0 Å². The van der Waals surface area contributed by atoms with Crippen molar-refractivity contribution in [3.63, 3.8) is 0 Å². The zero-order chi connectivity index (χ0) is 10.0. The van der Waals surface area contributed by atoms with E-state index < -0.39 is 5.97 Å². The second-order valence-corrected chi connectivity index (χ2v) is 2.72. The van der Waals surface area contributed by atoms with Crippen molar-refractivity contribution in [1.29, 1.82) is 0 Å². The Balaban J connectivity index is 3.34. The average molecular weight is 181 g/mol. The summed E-state index contributed by atoms with van der Waals surface area (Å²) in [6.45, 7) is 1.70. The van der Waals surface area contributed by atoms with Crippen LogP contribution in [0.4, 0.5) is 0 Å². The summed E-state index contributed by atoms with van der Waals surface area (Å²) < 4.78 is 5.97. The number of ether oxygens (including phenoxy) is 1. The van der Waals surface area contributed by atoms with Gasteiger partial charge in [-0.2, -0.15) is 0 Å². The van der Waals surface area contributed by atoms with Crippen molar-refractivity contribution in [2.45, 2.75) is 6.92 Å². The molecule has 0 aliphatic heterocycles. The smallest absolute Gasteiger partial charge is 0.339 e. The van der Waals surface area contributed by atoms with Crippen LogP contribution in [0.1, 0.15) is 16.1 Å². The van der Waals surface area contributed by atoms with Gasteiger partial charge >= 0.3 is 5.97 Å². The van der Waals surface area contributed by atoms with Gasteiger partial charge in [0.05, 0.1) is 12.7 Å². The van der Waals surface area contributed by atoms with Crippen LogP contribution in [0.15, 0.2) is 16.9 Å². The van der Waals surface area contributed by atoms with Gasteiger partial charge in [0.25, 0.3) is 0 Å². The summed E-state index contributed by atoms with van der Waals surface area (Å²) in [7, 11) is 2.93. The first kappa shape index (κ1) is 9.51. The number of carbonyl (C=O) groups excluding carboxylic acids is 1. The molecule has 4 nitrogen and oxygen atoms in total. The molecule has 4 heteroatoms. The van der Waals surface area contributed by atoms with Crippen LogP contribution >= 0.6 is 0 Å². The third-order valence-corrected chi connectivity index (χ3v) is 2.02. The van der Waals surface area contributed by atoms with Crippen LogP contribution in [0, 0.1) is 6.92 Å². The minimum absolute atomic E-state index is 0.134. The second-order valence-electron chi connectivity index (χ2n) is 2.72. The maximum atomic E-state index is 11.2. The van der Waals surface area contributed by atoms with Gasteiger partial charge in [-0.1, -0.05) is 0 Å². The first-order valence-corrected chi connectivity index (χ1v) is 3.83.